The first-order valence-electron chi connectivity index (χ1n) is 16.6. The first kappa shape index (κ1) is 29.3. The second-order valence-corrected chi connectivity index (χ2v) is 13.6. The number of aromatic nitrogens is 2. The molecule has 10 nitrogen and oxygen atoms in total. The third-order valence-electron chi connectivity index (χ3n) is 10.4. The molecule has 2 unspecified atom stereocenters. The van der Waals surface area contributed by atoms with Crippen molar-refractivity contribution >= 4 is 23.4 Å². The van der Waals surface area contributed by atoms with E-state index in [1.165, 1.54) is 0 Å². The van der Waals surface area contributed by atoms with Crippen molar-refractivity contribution in [1.29, 1.82) is 0 Å². The highest BCUT2D eigenvalue weighted by Crippen LogP contribution is 2.36. The van der Waals surface area contributed by atoms with Crippen LogP contribution in [-0.2, 0) is 19.5 Å². The average molecular weight is 631 g/mol. The molecule has 6 heterocycles. The Kier molecular flexibility index (Phi) is 7.42. The van der Waals surface area contributed by atoms with Crippen LogP contribution in [0.15, 0.2) is 94.5 Å². The average Bonchev–Trinajstić information content (AvgIpc) is 3.07. The molecule has 2 saturated heterocycles. The Bertz CT molecular complexity index is 1810. The van der Waals surface area contributed by atoms with E-state index in [1.807, 2.05) is 91.7 Å². The van der Waals surface area contributed by atoms with Crippen LogP contribution < -0.4 is 21.8 Å². The van der Waals surface area contributed by atoms with E-state index in [0.29, 0.717) is 39.3 Å². The Hall–Kier alpha value is -5.12. The van der Waals surface area contributed by atoms with Crippen molar-refractivity contribution in [2.45, 2.75) is 44.2 Å². The van der Waals surface area contributed by atoms with Gasteiger partial charge in [-0.2, -0.15) is 0 Å². The minimum Gasteiger partial charge on any atom is -0.324 e. The fourth-order valence-electron chi connectivity index (χ4n) is 8.18. The maximum atomic E-state index is 13.2. The smallest absolute Gasteiger partial charge is 0.321 e. The monoisotopic (exact) mass is 630 g/mol. The van der Waals surface area contributed by atoms with E-state index in [4.69, 9.17) is 0 Å². The maximum absolute atomic E-state index is 13.2. The van der Waals surface area contributed by atoms with Crippen LogP contribution in [0.5, 0.6) is 0 Å². The summed E-state index contributed by atoms with van der Waals surface area (Å²) in [6, 6.07) is 26.5. The van der Waals surface area contributed by atoms with E-state index < -0.39 is 0 Å². The number of benzene rings is 2. The van der Waals surface area contributed by atoms with Gasteiger partial charge in [0.15, 0.2) is 0 Å². The highest BCUT2D eigenvalue weighted by Gasteiger charge is 2.37. The molecule has 0 spiro atoms. The molecular weight excluding hydrogens is 592 g/mol. The molecule has 4 atom stereocenters. The molecule has 8 rings (SSSR count). The lowest BCUT2D eigenvalue weighted by Gasteiger charge is -2.42. The van der Waals surface area contributed by atoms with Gasteiger partial charge in [-0.1, -0.05) is 36.4 Å². The molecule has 2 N–H and O–H groups in total. The van der Waals surface area contributed by atoms with Crippen molar-refractivity contribution in [2.75, 3.05) is 36.8 Å². The lowest BCUT2D eigenvalue weighted by molar-refractivity contribution is 0.139. The van der Waals surface area contributed by atoms with Crippen LogP contribution in [0.25, 0.3) is 0 Å². The summed E-state index contributed by atoms with van der Waals surface area (Å²) in [5.41, 5.74) is 5.88. The second kappa shape index (κ2) is 11.9. The van der Waals surface area contributed by atoms with E-state index in [2.05, 4.69) is 10.6 Å². The fourth-order valence-corrected chi connectivity index (χ4v) is 8.18. The summed E-state index contributed by atoms with van der Waals surface area (Å²) in [6.45, 7) is 3.83. The molecule has 10 heteroatoms. The summed E-state index contributed by atoms with van der Waals surface area (Å²) in [5.74, 6) is 0.927. The summed E-state index contributed by atoms with van der Waals surface area (Å²) >= 11 is 0. The molecule has 4 amide bonds. The number of urea groups is 2. The van der Waals surface area contributed by atoms with Crippen LogP contribution >= 0.6 is 0 Å². The first-order valence-corrected chi connectivity index (χ1v) is 16.6. The topological polar surface area (TPSA) is 109 Å². The van der Waals surface area contributed by atoms with E-state index in [-0.39, 0.29) is 46.9 Å². The number of carbonyl (C=O) groups is 2. The summed E-state index contributed by atoms with van der Waals surface area (Å²) < 4.78 is 3.75. The zero-order chi connectivity index (χ0) is 32.1. The number of pyridine rings is 2. The predicted molar refractivity (Wildman–Crippen MR) is 180 cm³/mol. The number of carbonyl (C=O) groups excluding carboxylic acids is 2. The van der Waals surface area contributed by atoms with E-state index >= 15 is 0 Å². The number of rotatable bonds is 4. The molecule has 2 aromatic carbocycles. The van der Waals surface area contributed by atoms with Gasteiger partial charge < -0.3 is 29.6 Å². The van der Waals surface area contributed by atoms with Crippen molar-refractivity contribution in [1.82, 2.24) is 18.9 Å². The SMILES string of the molecule is O=C(Nc1ccc(Cc2ccc(NC(=O)N3CC4C[C@@H](C3)c3cccc(=O)n3C4)cc2)cc1)N1CC2C[C@H](C1)c1cccc(=O)n1C2. The van der Waals surface area contributed by atoms with Crippen LogP contribution in [0.4, 0.5) is 21.0 Å². The quantitative estimate of drug-likeness (QED) is 0.334. The first-order chi connectivity index (χ1) is 22.9. The standard InChI is InChI=1S/C37H38N6O4/c44-34-5-1-3-32-28-16-26(20-42(32)34)18-40(22-28)36(46)38-30-11-7-24(8-12-30)15-25-9-13-31(14-10-25)39-37(47)41-19-27-17-29(23-41)33-4-2-6-35(45)43(33)21-27/h1-14,26-29H,15-23H2,(H,38,46)(H,39,47)/t26?,27?,28-,29+. The van der Waals surface area contributed by atoms with Gasteiger partial charge in [-0.25, -0.2) is 9.59 Å². The number of nitrogens with one attached hydrogen (secondary N) is 2. The van der Waals surface area contributed by atoms with Crippen molar-refractivity contribution in [3.05, 3.63) is 128 Å². The van der Waals surface area contributed by atoms with Gasteiger partial charge in [-0.15, -0.1) is 0 Å². The van der Waals surface area contributed by atoms with Crippen LogP contribution in [0.1, 0.15) is 47.2 Å². The van der Waals surface area contributed by atoms with Gasteiger partial charge >= 0.3 is 12.1 Å². The minimum atomic E-state index is -0.107. The molecule has 0 radical (unpaired) electrons. The number of amides is 4. The predicted octanol–water partition coefficient (Wildman–Crippen LogP) is 4.90. The molecule has 0 saturated carbocycles. The van der Waals surface area contributed by atoms with E-state index in [9.17, 15) is 19.2 Å². The van der Waals surface area contributed by atoms with Gasteiger partial charge in [0.2, 0.25) is 0 Å². The molecule has 4 aliphatic rings. The number of hydrogen-bond donors (Lipinski definition) is 2. The minimum absolute atomic E-state index is 0.0426. The van der Waals surface area contributed by atoms with Crippen molar-refractivity contribution in [3.8, 4) is 0 Å². The number of hydrogen-bond acceptors (Lipinski definition) is 4. The van der Waals surface area contributed by atoms with Gasteiger partial charge in [0.05, 0.1) is 0 Å². The molecule has 4 aromatic rings. The van der Waals surface area contributed by atoms with Crippen molar-refractivity contribution in [2.24, 2.45) is 11.8 Å². The highest BCUT2D eigenvalue weighted by molar-refractivity contribution is 5.90. The Morgan fingerprint density at radius 3 is 1.40 bits per heavy atom. The van der Waals surface area contributed by atoms with Gasteiger partial charge in [-0.05, 0) is 78.6 Å². The maximum Gasteiger partial charge on any atom is 0.321 e. The second-order valence-electron chi connectivity index (χ2n) is 13.6. The Morgan fingerprint density at radius 2 is 0.979 bits per heavy atom. The van der Waals surface area contributed by atoms with Crippen molar-refractivity contribution < 1.29 is 9.59 Å². The zero-order valence-electron chi connectivity index (χ0n) is 26.2. The summed E-state index contributed by atoms with van der Waals surface area (Å²) in [4.78, 5) is 54.7. The molecule has 240 valence electrons. The Morgan fingerprint density at radius 1 is 0.553 bits per heavy atom. The van der Waals surface area contributed by atoms with Gasteiger partial charge in [0.1, 0.15) is 0 Å². The van der Waals surface area contributed by atoms with Crippen LogP contribution in [0.2, 0.25) is 0 Å². The molecular formula is C37H38N6O4. The molecule has 2 fully saturated rings. The lowest BCUT2D eigenvalue weighted by atomic mass is 9.83. The van der Waals surface area contributed by atoms with Crippen LogP contribution in [-0.4, -0.2) is 57.2 Å². The number of fused-ring (bicyclic) bond motifs is 8. The van der Waals surface area contributed by atoms with Gasteiger partial charge in [0.25, 0.3) is 11.1 Å². The normalized spacial score (nSPS) is 22.6. The van der Waals surface area contributed by atoms with Crippen molar-refractivity contribution in [3.63, 3.8) is 0 Å². The fraction of sp³-hybridized carbons (Fsp3) is 0.351. The number of likely N-dealkylation sites (tertiary alicyclic amines) is 2. The third-order valence-corrected chi connectivity index (χ3v) is 10.4. The molecule has 47 heavy (non-hydrogen) atoms. The molecule has 4 bridgehead atoms. The summed E-state index contributed by atoms with van der Waals surface area (Å²) in [6.07, 6.45) is 2.74. The Balaban J connectivity index is 0.843. The largest absolute Gasteiger partial charge is 0.324 e. The number of anilines is 2. The highest BCUT2D eigenvalue weighted by atomic mass is 16.2. The van der Waals surface area contributed by atoms with Crippen LogP contribution in [0, 0.1) is 11.8 Å². The number of nitrogens with zero attached hydrogens (tertiary/aromatic N) is 4. The van der Waals surface area contributed by atoms with Gasteiger partial charge in [0, 0.05) is 86.0 Å². The number of piperidine rings is 2. The molecule has 2 aromatic heterocycles. The van der Waals surface area contributed by atoms with Crippen LogP contribution in [0.3, 0.4) is 0 Å². The summed E-state index contributed by atoms with van der Waals surface area (Å²) in [5, 5.41) is 6.12. The summed E-state index contributed by atoms with van der Waals surface area (Å²) in [7, 11) is 0. The van der Waals surface area contributed by atoms with E-state index in [0.717, 1.165) is 53.2 Å². The zero-order valence-corrected chi connectivity index (χ0v) is 26.2. The van der Waals surface area contributed by atoms with Gasteiger partial charge in [-0.3, -0.25) is 9.59 Å². The lowest BCUT2D eigenvalue weighted by Crippen LogP contribution is -2.50. The molecule has 4 aliphatic heterocycles. The molecule has 0 aliphatic carbocycles. The Labute approximate surface area is 272 Å². The van der Waals surface area contributed by atoms with E-state index in [1.54, 1.807) is 12.1 Å². The third kappa shape index (κ3) is 5.84.